The van der Waals surface area contributed by atoms with Crippen LogP contribution in [0.1, 0.15) is 11.3 Å². The number of aromatic nitrogens is 2. The molecule has 0 aliphatic heterocycles. The van der Waals surface area contributed by atoms with Crippen LogP contribution >= 0.6 is 23.2 Å². The van der Waals surface area contributed by atoms with Gasteiger partial charge in [-0.25, -0.2) is 9.97 Å². The molecule has 0 radical (unpaired) electrons. The number of nitrogens with one attached hydrogen (secondary N) is 1. The van der Waals surface area contributed by atoms with E-state index < -0.39 is 0 Å². The molecule has 5 heteroatoms. The molecule has 0 amide bonds. The van der Waals surface area contributed by atoms with Crippen molar-refractivity contribution in [2.24, 2.45) is 0 Å². The third kappa shape index (κ3) is 2.87. The lowest BCUT2D eigenvalue weighted by atomic mass is 10.2. The van der Waals surface area contributed by atoms with E-state index in [1.165, 1.54) is 0 Å². The summed E-state index contributed by atoms with van der Waals surface area (Å²) in [6, 6.07) is 7.39. The largest absolute Gasteiger partial charge is 0.340 e. The molecule has 0 unspecified atom stereocenters. The Morgan fingerprint density at radius 1 is 1.00 bits per heavy atom. The number of hydrogen-bond donors (Lipinski definition) is 1. The van der Waals surface area contributed by atoms with E-state index in [2.05, 4.69) is 15.3 Å². The number of anilines is 2. The molecule has 0 spiro atoms. The molecule has 1 heterocycles. The van der Waals surface area contributed by atoms with Gasteiger partial charge in [-0.2, -0.15) is 0 Å². The van der Waals surface area contributed by atoms with Crippen molar-refractivity contribution in [1.82, 2.24) is 9.97 Å². The fourth-order valence-corrected chi connectivity index (χ4v) is 1.72. The Kier molecular flexibility index (Phi) is 3.50. The molecule has 17 heavy (non-hydrogen) atoms. The summed E-state index contributed by atoms with van der Waals surface area (Å²) in [4.78, 5) is 8.24. The second-order valence-electron chi connectivity index (χ2n) is 3.68. The Hall–Kier alpha value is -1.32. The first-order valence-electron chi connectivity index (χ1n) is 5.09. The maximum absolute atomic E-state index is 5.83. The molecule has 0 saturated heterocycles. The van der Waals surface area contributed by atoms with E-state index >= 15 is 0 Å². The van der Waals surface area contributed by atoms with Crippen molar-refractivity contribution < 1.29 is 0 Å². The van der Waals surface area contributed by atoms with E-state index in [0.717, 1.165) is 16.9 Å². The number of aryl methyl sites for hydroxylation is 1. The first-order chi connectivity index (χ1) is 8.06. The van der Waals surface area contributed by atoms with Crippen LogP contribution in [0.2, 0.25) is 10.3 Å². The molecule has 2 rings (SSSR count). The summed E-state index contributed by atoms with van der Waals surface area (Å²) >= 11 is 11.7. The second kappa shape index (κ2) is 4.90. The van der Waals surface area contributed by atoms with E-state index in [9.17, 15) is 0 Å². The summed E-state index contributed by atoms with van der Waals surface area (Å²) < 4.78 is 0. The summed E-state index contributed by atoms with van der Waals surface area (Å²) in [5.41, 5.74) is 2.75. The van der Waals surface area contributed by atoms with E-state index in [1.54, 1.807) is 0 Å². The second-order valence-corrected chi connectivity index (χ2v) is 4.46. The number of hydrogen-bond acceptors (Lipinski definition) is 3. The molecule has 2 aromatic rings. The zero-order chi connectivity index (χ0) is 12.4. The lowest BCUT2D eigenvalue weighted by Crippen LogP contribution is -2.01. The topological polar surface area (TPSA) is 37.8 Å². The van der Waals surface area contributed by atoms with Crippen LogP contribution in [0.4, 0.5) is 11.5 Å². The van der Waals surface area contributed by atoms with Gasteiger partial charge in [-0.1, -0.05) is 11.6 Å². The van der Waals surface area contributed by atoms with Gasteiger partial charge >= 0.3 is 0 Å². The smallest absolute Gasteiger partial charge is 0.224 e. The van der Waals surface area contributed by atoms with Crippen molar-refractivity contribution in [2.75, 3.05) is 5.32 Å². The van der Waals surface area contributed by atoms with Crippen LogP contribution in [0.25, 0.3) is 0 Å². The molecule has 0 saturated carbocycles. The van der Waals surface area contributed by atoms with Crippen molar-refractivity contribution in [3.05, 3.63) is 45.8 Å². The third-order valence-corrected chi connectivity index (χ3v) is 2.89. The average Bonchev–Trinajstić information content (AvgIpc) is 2.28. The fourth-order valence-electron chi connectivity index (χ4n) is 1.39. The predicted molar refractivity (Wildman–Crippen MR) is 71.3 cm³/mol. The zero-order valence-corrected chi connectivity index (χ0v) is 11.0. The first kappa shape index (κ1) is 12.1. The molecular formula is C12H11Cl2N3. The molecule has 1 N–H and O–H groups in total. The molecule has 0 aliphatic rings. The molecule has 1 aromatic heterocycles. The highest BCUT2D eigenvalue weighted by atomic mass is 35.5. The van der Waals surface area contributed by atoms with Crippen molar-refractivity contribution in [2.45, 2.75) is 13.8 Å². The zero-order valence-electron chi connectivity index (χ0n) is 9.46. The Bertz CT molecular complexity index is 538. The van der Waals surface area contributed by atoms with Gasteiger partial charge in [0.15, 0.2) is 0 Å². The van der Waals surface area contributed by atoms with Gasteiger partial charge in [0.25, 0.3) is 0 Å². The Morgan fingerprint density at radius 3 is 2.29 bits per heavy atom. The minimum Gasteiger partial charge on any atom is -0.340 e. The lowest BCUT2D eigenvalue weighted by molar-refractivity contribution is 1.07. The average molecular weight is 268 g/mol. The molecule has 0 bridgehead atoms. The van der Waals surface area contributed by atoms with Gasteiger partial charge in [0.2, 0.25) is 5.28 Å². The SMILES string of the molecule is Cc1nc(Cl)nc(Nc2ccc(Cl)cc2)c1C. The fraction of sp³-hybridized carbons (Fsp3) is 0.167. The van der Waals surface area contributed by atoms with Crippen molar-refractivity contribution in [3.63, 3.8) is 0 Å². The summed E-state index contributed by atoms with van der Waals surface area (Å²) in [5.74, 6) is 0.713. The number of nitrogens with zero attached hydrogens (tertiary/aromatic N) is 2. The van der Waals surface area contributed by atoms with Crippen molar-refractivity contribution in [3.8, 4) is 0 Å². The van der Waals surface area contributed by atoms with Gasteiger partial charge in [-0.15, -0.1) is 0 Å². The van der Waals surface area contributed by atoms with Crippen LogP contribution < -0.4 is 5.32 Å². The maximum atomic E-state index is 5.83. The summed E-state index contributed by atoms with van der Waals surface area (Å²) in [6.07, 6.45) is 0. The first-order valence-corrected chi connectivity index (χ1v) is 5.85. The van der Waals surface area contributed by atoms with Crippen LogP contribution in [0, 0.1) is 13.8 Å². The molecule has 3 nitrogen and oxygen atoms in total. The van der Waals surface area contributed by atoms with Gasteiger partial charge in [0.1, 0.15) is 5.82 Å². The summed E-state index contributed by atoms with van der Waals surface area (Å²) in [6.45, 7) is 3.85. The van der Waals surface area contributed by atoms with E-state index in [0.29, 0.717) is 10.8 Å². The van der Waals surface area contributed by atoms with Crippen LogP contribution in [0.5, 0.6) is 0 Å². The quantitative estimate of drug-likeness (QED) is 0.831. The van der Waals surface area contributed by atoms with Crippen LogP contribution in [-0.4, -0.2) is 9.97 Å². The minimum absolute atomic E-state index is 0.240. The van der Waals surface area contributed by atoms with E-state index in [-0.39, 0.29) is 5.28 Å². The molecule has 0 aliphatic carbocycles. The van der Waals surface area contributed by atoms with Gasteiger partial charge in [-0.3, -0.25) is 0 Å². The highest BCUT2D eigenvalue weighted by Gasteiger charge is 2.06. The van der Waals surface area contributed by atoms with Crippen LogP contribution in [0.3, 0.4) is 0 Å². The molecular weight excluding hydrogens is 257 g/mol. The molecule has 1 aromatic carbocycles. The van der Waals surface area contributed by atoms with Gasteiger partial charge in [0, 0.05) is 22.0 Å². The Balaban J connectivity index is 2.32. The molecule has 0 atom stereocenters. The van der Waals surface area contributed by atoms with E-state index in [4.69, 9.17) is 23.2 Å². The highest BCUT2D eigenvalue weighted by molar-refractivity contribution is 6.30. The minimum atomic E-state index is 0.240. The number of rotatable bonds is 2. The van der Waals surface area contributed by atoms with Gasteiger partial charge in [0.05, 0.1) is 0 Å². The Labute approximate surface area is 110 Å². The third-order valence-electron chi connectivity index (χ3n) is 2.47. The lowest BCUT2D eigenvalue weighted by Gasteiger charge is -2.10. The number of halogens is 2. The monoisotopic (exact) mass is 267 g/mol. The van der Waals surface area contributed by atoms with Crippen molar-refractivity contribution >= 4 is 34.7 Å². The molecule has 88 valence electrons. The maximum Gasteiger partial charge on any atom is 0.224 e. The summed E-state index contributed by atoms with van der Waals surface area (Å²) in [7, 11) is 0. The van der Waals surface area contributed by atoms with Gasteiger partial charge < -0.3 is 5.32 Å². The van der Waals surface area contributed by atoms with E-state index in [1.807, 2.05) is 38.1 Å². The normalized spacial score (nSPS) is 10.4. The predicted octanol–water partition coefficient (Wildman–Crippen LogP) is 4.14. The van der Waals surface area contributed by atoms with Crippen LogP contribution in [0.15, 0.2) is 24.3 Å². The Morgan fingerprint density at radius 2 is 1.65 bits per heavy atom. The highest BCUT2D eigenvalue weighted by Crippen LogP contribution is 2.22. The standard InChI is InChI=1S/C12H11Cl2N3/c1-7-8(2)15-12(14)17-11(7)16-10-5-3-9(13)4-6-10/h3-6H,1-2H3,(H,15,16,17). The van der Waals surface area contributed by atoms with Gasteiger partial charge in [-0.05, 0) is 49.7 Å². The summed E-state index contributed by atoms with van der Waals surface area (Å²) in [5, 5.41) is 4.13. The van der Waals surface area contributed by atoms with Crippen molar-refractivity contribution in [1.29, 1.82) is 0 Å². The molecule has 0 fully saturated rings. The van der Waals surface area contributed by atoms with Crippen LogP contribution in [-0.2, 0) is 0 Å². The number of benzene rings is 1.